The average Bonchev–Trinajstić information content (AvgIpc) is 2.28. The Morgan fingerprint density at radius 1 is 1.33 bits per heavy atom. The summed E-state index contributed by atoms with van der Waals surface area (Å²) in [5.41, 5.74) is 8.90. The topological polar surface area (TPSA) is 38.0 Å². The number of thiol groups is 1. The zero-order valence-corrected chi connectivity index (χ0v) is 10.1. The van der Waals surface area contributed by atoms with E-state index in [1.165, 1.54) is 0 Å². The molecule has 0 saturated carbocycles. The molecular formula is C12H18N2S. The van der Waals surface area contributed by atoms with Crippen LogP contribution in [0.5, 0.6) is 0 Å². The molecule has 3 heteroatoms. The largest absolute Gasteiger partial charge is 0.388 e. The van der Waals surface area contributed by atoms with Gasteiger partial charge in [-0.25, -0.2) is 0 Å². The van der Waals surface area contributed by atoms with Crippen molar-refractivity contribution in [3.8, 4) is 0 Å². The van der Waals surface area contributed by atoms with E-state index in [1.807, 2.05) is 31.2 Å². The highest BCUT2D eigenvalue weighted by atomic mass is 32.1. The summed E-state index contributed by atoms with van der Waals surface area (Å²) < 4.78 is 0. The van der Waals surface area contributed by atoms with Gasteiger partial charge in [-0.05, 0) is 25.0 Å². The van der Waals surface area contributed by atoms with Crippen molar-refractivity contribution in [2.24, 2.45) is 5.73 Å². The fourth-order valence-electron chi connectivity index (χ4n) is 1.36. The van der Waals surface area contributed by atoms with Crippen molar-refractivity contribution in [2.45, 2.75) is 20.4 Å². The van der Waals surface area contributed by atoms with E-state index in [9.17, 15) is 0 Å². The number of allylic oxidation sites excluding steroid dienone is 1. The van der Waals surface area contributed by atoms with E-state index in [-0.39, 0.29) is 0 Å². The highest BCUT2D eigenvalue weighted by Crippen LogP contribution is 2.21. The quantitative estimate of drug-likeness (QED) is 0.684. The van der Waals surface area contributed by atoms with Crippen LogP contribution in [0.25, 0.3) is 4.91 Å². The lowest BCUT2D eigenvalue weighted by Crippen LogP contribution is -2.10. The van der Waals surface area contributed by atoms with Gasteiger partial charge in [0.05, 0.1) is 0 Å². The summed E-state index contributed by atoms with van der Waals surface area (Å²) in [5, 5.41) is 3.25. The van der Waals surface area contributed by atoms with E-state index in [4.69, 9.17) is 5.73 Å². The molecule has 15 heavy (non-hydrogen) atoms. The van der Waals surface area contributed by atoms with Crippen LogP contribution in [0.2, 0.25) is 0 Å². The molecule has 0 aromatic heterocycles. The van der Waals surface area contributed by atoms with E-state index in [2.05, 4.69) is 24.9 Å². The van der Waals surface area contributed by atoms with Crippen molar-refractivity contribution in [2.75, 3.05) is 6.54 Å². The van der Waals surface area contributed by atoms with Crippen LogP contribution in [0.1, 0.15) is 25.0 Å². The van der Waals surface area contributed by atoms with Crippen molar-refractivity contribution in [3.63, 3.8) is 0 Å². The molecule has 0 unspecified atom stereocenters. The summed E-state index contributed by atoms with van der Waals surface area (Å²) in [5.74, 6) is 0. The second kappa shape index (κ2) is 5.83. The molecule has 0 aliphatic rings. The van der Waals surface area contributed by atoms with Gasteiger partial charge in [0.2, 0.25) is 0 Å². The zero-order chi connectivity index (χ0) is 11.3. The van der Waals surface area contributed by atoms with Crippen LogP contribution >= 0.6 is 12.6 Å². The third-order valence-corrected chi connectivity index (χ3v) is 2.85. The molecule has 0 spiro atoms. The number of nitrogens with two attached hydrogens (primary N) is 1. The van der Waals surface area contributed by atoms with Gasteiger partial charge in [0.15, 0.2) is 0 Å². The first-order valence-corrected chi connectivity index (χ1v) is 5.56. The molecule has 0 atom stereocenters. The summed E-state index contributed by atoms with van der Waals surface area (Å²) in [6, 6.07) is 8.16. The Labute approximate surface area is 97.0 Å². The molecular weight excluding hydrogens is 204 g/mol. The third-order valence-electron chi connectivity index (χ3n) is 2.26. The van der Waals surface area contributed by atoms with Crippen molar-refractivity contribution in [1.29, 1.82) is 0 Å². The summed E-state index contributed by atoms with van der Waals surface area (Å²) in [6.07, 6.45) is 0. The Kier molecular flexibility index (Phi) is 4.72. The van der Waals surface area contributed by atoms with Crippen LogP contribution in [0.4, 0.5) is 0 Å². The van der Waals surface area contributed by atoms with Gasteiger partial charge < -0.3 is 11.1 Å². The lowest BCUT2D eigenvalue weighted by atomic mass is 10.1. The highest BCUT2D eigenvalue weighted by molar-refractivity contribution is 7.90. The van der Waals surface area contributed by atoms with E-state index in [0.29, 0.717) is 6.54 Å². The Morgan fingerprint density at radius 3 is 2.40 bits per heavy atom. The van der Waals surface area contributed by atoms with Gasteiger partial charge in [-0.1, -0.05) is 24.3 Å². The lowest BCUT2D eigenvalue weighted by Gasteiger charge is -2.09. The molecule has 0 radical (unpaired) electrons. The molecule has 0 saturated heterocycles. The first-order chi connectivity index (χ1) is 7.19. The summed E-state index contributed by atoms with van der Waals surface area (Å²) >= 11 is 4.50. The summed E-state index contributed by atoms with van der Waals surface area (Å²) in [4.78, 5) is 0.987. The number of nitrogens with one attached hydrogen (secondary N) is 1. The van der Waals surface area contributed by atoms with Crippen LogP contribution in [0.15, 0.2) is 30.0 Å². The van der Waals surface area contributed by atoms with E-state index in [0.717, 1.165) is 28.3 Å². The molecule has 0 bridgehead atoms. The van der Waals surface area contributed by atoms with Gasteiger partial charge >= 0.3 is 0 Å². The van der Waals surface area contributed by atoms with E-state index < -0.39 is 0 Å². The van der Waals surface area contributed by atoms with Crippen molar-refractivity contribution in [1.82, 2.24) is 5.32 Å². The van der Waals surface area contributed by atoms with Crippen molar-refractivity contribution in [3.05, 3.63) is 41.1 Å². The molecule has 3 N–H and O–H groups in total. The molecule has 1 rings (SSSR count). The number of rotatable bonds is 4. The Bertz CT molecular complexity index is 341. The maximum absolute atomic E-state index is 5.54. The Morgan fingerprint density at radius 2 is 1.93 bits per heavy atom. The number of hydrogen-bond acceptors (Lipinski definition) is 3. The van der Waals surface area contributed by atoms with Gasteiger partial charge in [-0.3, -0.25) is 0 Å². The van der Waals surface area contributed by atoms with Crippen LogP contribution in [-0.2, 0) is 6.54 Å². The first-order valence-electron chi connectivity index (χ1n) is 5.12. The molecule has 82 valence electrons. The molecule has 0 amide bonds. The third kappa shape index (κ3) is 3.29. The van der Waals surface area contributed by atoms with E-state index >= 15 is 0 Å². The maximum atomic E-state index is 5.54. The molecule has 2 nitrogen and oxygen atoms in total. The fraction of sp³-hybridized carbons (Fsp3) is 0.333. The Hall–Kier alpha value is -0.930. The molecule has 1 aromatic rings. The lowest BCUT2D eigenvalue weighted by molar-refractivity contribution is 0.860. The van der Waals surface area contributed by atoms with Gasteiger partial charge in [0, 0.05) is 23.7 Å². The normalized spacial score (nSPS) is 12.3. The molecule has 0 fully saturated rings. The molecule has 0 heterocycles. The Balaban J connectivity index is 2.91. The number of hydrogen-bond donors (Lipinski definition) is 3. The van der Waals surface area contributed by atoms with Gasteiger partial charge in [0.1, 0.15) is 0 Å². The standard InChI is InChI=1S/C12H18N2S/c1-3-14-9(2)12(15)11-6-4-10(8-13)5-7-11/h4-7,14-15H,3,8,13H2,1-2H3/b12-9-. The van der Waals surface area contributed by atoms with Gasteiger partial charge in [-0.15, -0.1) is 12.6 Å². The molecule has 0 aliphatic heterocycles. The van der Waals surface area contributed by atoms with E-state index in [1.54, 1.807) is 0 Å². The predicted octanol–water partition coefficient (Wildman–Crippen LogP) is 2.37. The highest BCUT2D eigenvalue weighted by Gasteiger charge is 2.00. The fourth-order valence-corrected chi connectivity index (χ4v) is 1.59. The smallest absolute Gasteiger partial charge is 0.0300 e. The number of benzene rings is 1. The predicted molar refractivity (Wildman–Crippen MR) is 69.6 cm³/mol. The molecule has 0 aliphatic carbocycles. The van der Waals surface area contributed by atoms with Crippen molar-refractivity contribution < 1.29 is 0 Å². The van der Waals surface area contributed by atoms with Gasteiger partial charge in [-0.2, -0.15) is 0 Å². The second-order valence-electron chi connectivity index (χ2n) is 3.40. The maximum Gasteiger partial charge on any atom is 0.0300 e. The average molecular weight is 222 g/mol. The van der Waals surface area contributed by atoms with Crippen LogP contribution in [0.3, 0.4) is 0 Å². The summed E-state index contributed by atoms with van der Waals surface area (Å²) in [6.45, 7) is 5.60. The zero-order valence-electron chi connectivity index (χ0n) is 9.25. The minimum atomic E-state index is 0.581. The minimum Gasteiger partial charge on any atom is -0.388 e. The molecule has 1 aromatic carbocycles. The second-order valence-corrected chi connectivity index (χ2v) is 3.85. The van der Waals surface area contributed by atoms with Crippen LogP contribution in [-0.4, -0.2) is 6.54 Å². The van der Waals surface area contributed by atoms with Crippen LogP contribution < -0.4 is 11.1 Å². The van der Waals surface area contributed by atoms with Gasteiger partial charge in [0.25, 0.3) is 0 Å². The monoisotopic (exact) mass is 222 g/mol. The summed E-state index contributed by atoms with van der Waals surface area (Å²) in [7, 11) is 0. The first kappa shape index (κ1) is 12.1. The van der Waals surface area contributed by atoms with Crippen molar-refractivity contribution >= 4 is 17.5 Å². The van der Waals surface area contributed by atoms with Crippen LogP contribution in [0, 0.1) is 0 Å². The SMILES string of the molecule is CCN/C(C)=C(\S)c1ccc(CN)cc1. The minimum absolute atomic E-state index is 0.581.